The Morgan fingerprint density at radius 1 is 1.38 bits per heavy atom. The Kier molecular flexibility index (Phi) is 3.40. The number of alkyl halides is 2. The predicted octanol–water partition coefficient (Wildman–Crippen LogP) is 4.22. The van der Waals surface area contributed by atoms with E-state index in [4.69, 9.17) is 5.26 Å². The summed E-state index contributed by atoms with van der Waals surface area (Å²) < 4.78 is 28.7. The number of rotatable bonds is 2. The zero-order valence-electron chi connectivity index (χ0n) is 11.9. The molecule has 1 aliphatic rings. The van der Waals surface area contributed by atoms with Crippen molar-refractivity contribution in [2.75, 3.05) is 0 Å². The Morgan fingerprint density at radius 2 is 2.10 bits per heavy atom. The van der Waals surface area contributed by atoms with Gasteiger partial charge in [-0.15, -0.1) is 0 Å². The minimum atomic E-state index is -2.52. The average Bonchev–Trinajstić information content (AvgIpc) is 2.84. The molecule has 0 bridgehead atoms. The fraction of sp³-hybridized carbons (Fsp3) is 0.500. The van der Waals surface area contributed by atoms with Crippen molar-refractivity contribution < 1.29 is 8.78 Å². The lowest BCUT2D eigenvalue weighted by Gasteiger charge is -2.28. The third-order valence-corrected chi connectivity index (χ3v) is 4.31. The predicted molar refractivity (Wildman–Crippen MR) is 76.3 cm³/mol. The van der Waals surface area contributed by atoms with Crippen molar-refractivity contribution in [2.45, 2.75) is 51.0 Å². The molecule has 0 spiro atoms. The van der Waals surface area contributed by atoms with Crippen molar-refractivity contribution >= 4 is 11.0 Å². The van der Waals surface area contributed by atoms with Crippen LogP contribution in [0.4, 0.5) is 8.78 Å². The van der Waals surface area contributed by atoms with Crippen molar-refractivity contribution in [2.24, 2.45) is 0 Å². The van der Waals surface area contributed by atoms with E-state index >= 15 is 0 Å². The second-order valence-electron chi connectivity index (χ2n) is 5.66. The first kappa shape index (κ1) is 14.0. The summed E-state index contributed by atoms with van der Waals surface area (Å²) in [6.45, 7) is 2.78. The Morgan fingerprint density at radius 3 is 2.71 bits per heavy atom. The molecule has 1 aliphatic carbocycles. The minimum Gasteiger partial charge on any atom is -0.328 e. The maximum Gasteiger partial charge on any atom is 0.248 e. The number of nitrogens with zero attached hydrogens (tertiary/aromatic N) is 3. The van der Waals surface area contributed by atoms with Crippen LogP contribution in [0.5, 0.6) is 0 Å². The van der Waals surface area contributed by atoms with Gasteiger partial charge in [-0.1, -0.05) is 0 Å². The molecule has 0 amide bonds. The zero-order chi connectivity index (χ0) is 15.0. The smallest absolute Gasteiger partial charge is 0.248 e. The highest BCUT2D eigenvalue weighted by molar-refractivity contribution is 5.78. The lowest BCUT2D eigenvalue weighted by Crippen LogP contribution is -2.25. The van der Waals surface area contributed by atoms with Crippen LogP contribution >= 0.6 is 0 Å². The van der Waals surface area contributed by atoms with Gasteiger partial charge in [-0.05, 0) is 38.0 Å². The first-order valence-corrected chi connectivity index (χ1v) is 7.32. The van der Waals surface area contributed by atoms with Gasteiger partial charge in [-0.2, -0.15) is 5.26 Å². The molecule has 0 radical (unpaired) electrons. The van der Waals surface area contributed by atoms with Gasteiger partial charge in [0.2, 0.25) is 5.92 Å². The molecular weight excluding hydrogens is 272 g/mol. The summed E-state index contributed by atoms with van der Waals surface area (Å²) >= 11 is 0. The van der Waals surface area contributed by atoms with E-state index in [0.717, 1.165) is 23.4 Å². The third-order valence-electron chi connectivity index (χ3n) is 4.31. The number of fused-ring (bicyclic) bond motifs is 1. The van der Waals surface area contributed by atoms with Crippen LogP contribution in [0.25, 0.3) is 11.0 Å². The van der Waals surface area contributed by atoms with Crippen LogP contribution in [0.3, 0.4) is 0 Å². The van der Waals surface area contributed by atoms with Crippen LogP contribution in [0.1, 0.15) is 49.9 Å². The van der Waals surface area contributed by atoms with E-state index in [0.29, 0.717) is 18.4 Å². The topological polar surface area (TPSA) is 41.6 Å². The summed E-state index contributed by atoms with van der Waals surface area (Å²) in [5.41, 5.74) is 2.33. The highest BCUT2D eigenvalue weighted by Gasteiger charge is 2.36. The van der Waals surface area contributed by atoms with E-state index in [2.05, 4.69) is 15.6 Å². The average molecular weight is 289 g/mol. The van der Waals surface area contributed by atoms with E-state index < -0.39 is 5.92 Å². The number of aromatic nitrogens is 2. The van der Waals surface area contributed by atoms with E-state index in [1.54, 1.807) is 12.1 Å². The fourth-order valence-corrected chi connectivity index (χ4v) is 3.16. The highest BCUT2D eigenvalue weighted by atomic mass is 19.3. The van der Waals surface area contributed by atoms with Crippen LogP contribution in [-0.2, 0) is 6.54 Å². The van der Waals surface area contributed by atoms with E-state index in [-0.39, 0.29) is 18.8 Å². The lowest BCUT2D eigenvalue weighted by molar-refractivity contribution is -0.0389. The molecule has 1 saturated carbocycles. The SMILES string of the molecule is CCn1c(C2CCC(F)(F)CC2)nc2cc(C#N)ccc21. The van der Waals surface area contributed by atoms with Crippen LogP contribution in [0.2, 0.25) is 0 Å². The van der Waals surface area contributed by atoms with Crippen molar-refractivity contribution in [3.05, 3.63) is 29.6 Å². The summed E-state index contributed by atoms with van der Waals surface area (Å²) in [4.78, 5) is 4.63. The lowest BCUT2D eigenvalue weighted by atomic mass is 9.86. The monoisotopic (exact) mass is 289 g/mol. The van der Waals surface area contributed by atoms with Gasteiger partial charge in [-0.25, -0.2) is 13.8 Å². The Hall–Kier alpha value is -1.96. The third kappa shape index (κ3) is 2.51. The molecule has 3 nitrogen and oxygen atoms in total. The molecule has 5 heteroatoms. The number of aryl methyl sites for hydroxylation is 1. The van der Waals surface area contributed by atoms with Crippen molar-refractivity contribution in [1.82, 2.24) is 9.55 Å². The molecule has 110 valence electrons. The molecule has 21 heavy (non-hydrogen) atoms. The normalized spacial score (nSPS) is 18.8. The molecule has 1 aromatic heterocycles. The van der Waals surface area contributed by atoms with Gasteiger partial charge in [0.15, 0.2) is 0 Å². The second-order valence-corrected chi connectivity index (χ2v) is 5.66. The number of imidazole rings is 1. The maximum absolute atomic E-state index is 13.3. The van der Waals surface area contributed by atoms with Gasteiger partial charge < -0.3 is 4.57 Å². The molecule has 0 aliphatic heterocycles. The highest BCUT2D eigenvalue weighted by Crippen LogP contribution is 2.41. The first-order valence-electron chi connectivity index (χ1n) is 7.32. The summed E-state index contributed by atoms with van der Waals surface area (Å²) in [7, 11) is 0. The number of nitriles is 1. The molecule has 0 atom stereocenters. The van der Waals surface area contributed by atoms with Gasteiger partial charge in [0, 0.05) is 25.3 Å². The summed E-state index contributed by atoms with van der Waals surface area (Å²) in [5, 5.41) is 8.97. The van der Waals surface area contributed by atoms with Gasteiger partial charge in [0.25, 0.3) is 0 Å². The molecule has 1 heterocycles. The minimum absolute atomic E-state index is 0.0615. The molecule has 1 aromatic carbocycles. The molecule has 0 unspecified atom stereocenters. The molecule has 1 fully saturated rings. The molecule has 2 aromatic rings. The van der Waals surface area contributed by atoms with Crippen molar-refractivity contribution in [3.63, 3.8) is 0 Å². The quantitative estimate of drug-likeness (QED) is 0.830. The van der Waals surface area contributed by atoms with Gasteiger partial charge >= 0.3 is 0 Å². The largest absolute Gasteiger partial charge is 0.328 e. The van der Waals surface area contributed by atoms with E-state index in [1.165, 1.54) is 0 Å². The summed E-state index contributed by atoms with van der Waals surface area (Å²) in [6, 6.07) is 7.54. The number of halogens is 2. The number of hydrogen-bond acceptors (Lipinski definition) is 2. The van der Waals surface area contributed by atoms with Crippen LogP contribution in [-0.4, -0.2) is 15.5 Å². The summed E-state index contributed by atoms with van der Waals surface area (Å²) in [6.07, 6.45) is 0.824. The molecule has 0 saturated heterocycles. The Balaban J connectivity index is 2.00. The van der Waals surface area contributed by atoms with Crippen molar-refractivity contribution in [3.8, 4) is 6.07 Å². The number of hydrogen-bond donors (Lipinski definition) is 0. The first-order chi connectivity index (χ1) is 10.0. The fourth-order valence-electron chi connectivity index (χ4n) is 3.16. The van der Waals surface area contributed by atoms with Gasteiger partial charge in [0.05, 0.1) is 22.7 Å². The number of benzene rings is 1. The Bertz CT molecular complexity index is 702. The van der Waals surface area contributed by atoms with E-state index in [9.17, 15) is 8.78 Å². The van der Waals surface area contributed by atoms with E-state index in [1.807, 2.05) is 13.0 Å². The second kappa shape index (κ2) is 5.10. The standard InChI is InChI=1S/C16H17F2N3/c1-2-21-14-4-3-11(10-19)9-13(14)20-15(21)12-5-7-16(17,18)8-6-12/h3-4,9,12H,2,5-8H2,1H3. The van der Waals surface area contributed by atoms with Crippen LogP contribution in [0, 0.1) is 11.3 Å². The zero-order valence-corrected chi connectivity index (χ0v) is 11.9. The molecular formula is C16H17F2N3. The summed E-state index contributed by atoms with van der Waals surface area (Å²) in [5.74, 6) is -1.55. The van der Waals surface area contributed by atoms with Gasteiger partial charge in [-0.3, -0.25) is 0 Å². The maximum atomic E-state index is 13.3. The Labute approximate surface area is 122 Å². The molecule has 3 rings (SSSR count). The van der Waals surface area contributed by atoms with Crippen LogP contribution in [0.15, 0.2) is 18.2 Å². The van der Waals surface area contributed by atoms with Crippen LogP contribution < -0.4 is 0 Å². The molecule has 0 N–H and O–H groups in total. The van der Waals surface area contributed by atoms with Gasteiger partial charge in [0.1, 0.15) is 5.82 Å². The van der Waals surface area contributed by atoms with Crippen molar-refractivity contribution in [1.29, 1.82) is 5.26 Å².